The van der Waals surface area contributed by atoms with Crippen LogP contribution in [0.15, 0.2) is 23.4 Å². The Labute approximate surface area is 156 Å². The number of halogens is 2. The van der Waals surface area contributed by atoms with Crippen LogP contribution < -0.4 is 5.32 Å². The number of amides is 1. The number of aryl methyl sites for hydroxylation is 1. The topological polar surface area (TPSA) is 46.9 Å². The molecule has 0 fully saturated rings. The normalized spacial score (nSPS) is 10.9. The van der Waals surface area contributed by atoms with Crippen LogP contribution in [0.3, 0.4) is 0 Å². The predicted molar refractivity (Wildman–Crippen MR) is 102 cm³/mol. The van der Waals surface area contributed by atoms with Crippen molar-refractivity contribution in [2.24, 2.45) is 0 Å². The molecule has 130 valence electrons. The number of imidazole rings is 1. The Balaban J connectivity index is 2.01. The molecule has 24 heavy (non-hydrogen) atoms. The van der Waals surface area contributed by atoms with Crippen LogP contribution in [0.4, 0.5) is 5.69 Å². The maximum Gasteiger partial charge on any atom is 0.234 e. The predicted octanol–water partition coefficient (Wildman–Crippen LogP) is 5.34. The molecule has 0 atom stereocenters. The van der Waals surface area contributed by atoms with Gasteiger partial charge in [-0.05, 0) is 32.4 Å². The highest BCUT2D eigenvalue weighted by Crippen LogP contribution is 2.30. The number of benzene rings is 1. The standard InChI is InChI=1S/C17H21Cl2N3OS/c1-4-5-9-22-12(3)11(2)20-17(22)24-10-15(23)21-14-8-6-7-13(18)16(14)19/h6-8H,4-5,9-10H2,1-3H3,(H,21,23). The number of carbonyl (C=O) groups is 1. The number of aromatic nitrogens is 2. The second kappa shape index (κ2) is 8.79. The number of nitrogens with one attached hydrogen (secondary N) is 1. The van der Waals surface area contributed by atoms with Crippen LogP contribution in [0.25, 0.3) is 0 Å². The van der Waals surface area contributed by atoms with Crippen molar-refractivity contribution in [3.63, 3.8) is 0 Å². The zero-order valence-electron chi connectivity index (χ0n) is 14.0. The van der Waals surface area contributed by atoms with Gasteiger partial charge in [-0.25, -0.2) is 4.98 Å². The van der Waals surface area contributed by atoms with E-state index in [-0.39, 0.29) is 11.7 Å². The lowest BCUT2D eigenvalue weighted by atomic mass is 10.3. The lowest BCUT2D eigenvalue weighted by Gasteiger charge is -2.10. The summed E-state index contributed by atoms with van der Waals surface area (Å²) in [6.45, 7) is 7.14. The lowest BCUT2D eigenvalue weighted by Crippen LogP contribution is -2.15. The summed E-state index contributed by atoms with van der Waals surface area (Å²) in [5.74, 6) is 0.134. The van der Waals surface area contributed by atoms with E-state index in [2.05, 4.69) is 28.7 Å². The van der Waals surface area contributed by atoms with Crippen molar-refractivity contribution < 1.29 is 4.79 Å². The quantitative estimate of drug-likeness (QED) is 0.654. The smallest absolute Gasteiger partial charge is 0.234 e. The fraction of sp³-hybridized carbons (Fsp3) is 0.412. The van der Waals surface area contributed by atoms with Gasteiger partial charge in [-0.2, -0.15) is 0 Å². The van der Waals surface area contributed by atoms with E-state index < -0.39 is 0 Å². The third-order valence-corrected chi connectivity index (χ3v) is 5.51. The highest BCUT2D eigenvalue weighted by molar-refractivity contribution is 7.99. The van der Waals surface area contributed by atoms with Crippen LogP contribution in [-0.2, 0) is 11.3 Å². The molecule has 4 nitrogen and oxygen atoms in total. The summed E-state index contributed by atoms with van der Waals surface area (Å²) in [7, 11) is 0. The van der Waals surface area contributed by atoms with Crippen molar-refractivity contribution in [2.75, 3.05) is 11.1 Å². The van der Waals surface area contributed by atoms with Crippen LogP contribution in [0.5, 0.6) is 0 Å². The van der Waals surface area contributed by atoms with E-state index in [9.17, 15) is 4.79 Å². The number of nitrogens with zero attached hydrogens (tertiary/aromatic N) is 2. The molecular formula is C17H21Cl2N3OS. The van der Waals surface area contributed by atoms with Crippen molar-refractivity contribution in [2.45, 2.75) is 45.3 Å². The van der Waals surface area contributed by atoms with Gasteiger partial charge in [-0.3, -0.25) is 4.79 Å². The van der Waals surface area contributed by atoms with Gasteiger partial charge in [-0.15, -0.1) is 0 Å². The number of carbonyl (C=O) groups excluding carboxylic acids is 1. The molecule has 1 N–H and O–H groups in total. The number of unbranched alkanes of at least 4 members (excludes halogenated alkanes) is 1. The highest BCUT2D eigenvalue weighted by atomic mass is 35.5. The molecular weight excluding hydrogens is 365 g/mol. The highest BCUT2D eigenvalue weighted by Gasteiger charge is 2.14. The van der Waals surface area contributed by atoms with Crippen LogP contribution >= 0.6 is 35.0 Å². The number of hydrogen-bond acceptors (Lipinski definition) is 3. The van der Waals surface area contributed by atoms with Crippen molar-refractivity contribution in [1.29, 1.82) is 0 Å². The minimum absolute atomic E-state index is 0.135. The summed E-state index contributed by atoms with van der Waals surface area (Å²) in [6, 6.07) is 5.17. The summed E-state index contributed by atoms with van der Waals surface area (Å²) < 4.78 is 2.18. The van der Waals surface area contributed by atoms with Gasteiger partial charge in [0, 0.05) is 12.2 Å². The van der Waals surface area contributed by atoms with E-state index in [0.717, 1.165) is 35.9 Å². The van der Waals surface area contributed by atoms with E-state index in [0.29, 0.717) is 15.7 Å². The van der Waals surface area contributed by atoms with E-state index in [1.807, 2.05) is 6.92 Å². The maximum atomic E-state index is 12.2. The summed E-state index contributed by atoms with van der Waals surface area (Å²) >= 11 is 13.5. The Kier molecular flexibility index (Phi) is 7.02. The van der Waals surface area contributed by atoms with Crippen LogP contribution in [0.1, 0.15) is 31.2 Å². The average Bonchev–Trinajstić information content (AvgIpc) is 2.82. The Hall–Kier alpha value is -1.17. The molecule has 0 aliphatic rings. The zero-order chi connectivity index (χ0) is 17.7. The number of thioether (sulfide) groups is 1. The van der Waals surface area contributed by atoms with Gasteiger partial charge in [0.05, 0.1) is 27.2 Å². The second-order valence-corrected chi connectivity index (χ2v) is 7.24. The fourth-order valence-electron chi connectivity index (χ4n) is 2.23. The number of hydrogen-bond donors (Lipinski definition) is 1. The lowest BCUT2D eigenvalue weighted by molar-refractivity contribution is -0.113. The van der Waals surface area contributed by atoms with Gasteiger partial charge in [-0.1, -0.05) is 54.4 Å². The molecule has 0 saturated carbocycles. The van der Waals surface area contributed by atoms with Crippen LogP contribution in [0.2, 0.25) is 10.0 Å². The first kappa shape index (κ1) is 19.2. The van der Waals surface area contributed by atoms with Gasteiger partial charge < -0.3 is 9.88 Å². The summed E-state index contributed by atoms with van der Waals surface area (Å²) in [5, 5.41) is 4.45. The molecule has 2 aromatic rings. The maximum absolute atomic E-state index is 12.2. The van der Waals surface area contributed by atoms with Crippen molar-refractivity contribution in [3.05, 3.63) is 39.6 Å². The molecule has 1 heterocycles. The SMILES string of the molecule is CCCCn1c(SCC(=O)Nc2cccc(Cl)c2Cl)nc(C)c1C. The molecule has 2 rings (SSSR count). The summed E-state index contributed by atoms with van der Waals surface area (Å²) in [6.07, 6.45) is 2.21. The summed E-state index contributed by atoms with van der Waals surface area (Å²) in [4.78, 5) is 16.8. The molecule has 0 bridgehead atoms. The minimum atomic E-state index is -0.135. The second-order valence-electron chi connectivity index (χ2n) is 5.51. The molecule has 1 aromatic heterocycles. The molecule has 0 aliphatic carbocycles. The van der Waals surface area contributed by atoms with Gasteiger partial charge in [0.25, 0.3) is 0 Å². The molecule has 1 amide bonds. The van der Waals surface area contributed by atoms with Gasteiger partial charge in [0.1, 0.15) is 0 Å². The molecule has 0 saturated heterocycles. The monoisotopic (exact) mass is 385 g/mol. The Morgan fingerprint density at radius 1 is 1.33 bits per heavy atom. The molecule has 1 aromatic carbocycles. The third-order valence-electron chi connectivity index (χ3n) is 3.72. The van der Waals surface area contributed by atoms with Gasteiger partial charge in [0.15, 0.2) is 5.16 Å². The third kappa shape index (κ3) is 4.68. The van der Waals surface area contributed by atoms with Gasteiger partial charge >= 0.3 is 0 Å². The van der Waals surface area contributed by atoms with Gasteiger partial charge in [0.2, 0.25) is 5.91 Å². The van der Waals surface area contributed by atoms with Crippen LogP contribution in [0, 0.1) is 13.8 Å². The van der Waals surface area contributed by atoms with Crippen molar-refractivity contribution in [3.8, 4) is 0 Å². The average molecular weight is 386 g/mol. The Bertz CT molecular complexity index is 731. The first-order valence-corrected chi connectivity index (χ1v) is 9.58. The van der Waals surface area contributed by atoms with E-state index >= 15 is 0 Å². The van der Waals surface area contributed by atoms with E-state index in [4.69, 9.17) is 23.2 Å². The Morgan fingerprint density at radius 2 is 2.08 bits per heavy atom. The van der Waals surface area contributed by atoms with E-state index in [1.165, 1.54) is 11.8 Å². The van der Waals surface area contributed by atoms with Crippen molar-refractivity contribution >= 4 is 46.6 Å². The first-order chi connectivity index (χ1) is 11.4. The van der Waals surface area contributed by atoms with E-state index in [1.54, 1.807) is 18.2 Å². The molecule has 0 unspecified atom stereocenters. The molecule has 0 spiro atoms. The molecule has 0 radical (unpaired) electrons. The Morgan fingerprint density at radius 3 is 2.79 bits per heavy atom. The number of rotatable bonds is 7. The van der Waals surface area contributed by atoms with Crippen molar-refractivity contribution in [1.82, 2.24) is 9.55 Å². The zero-order valence-corrected chi connectivity index (χ0v) is 16.4. The summed E-state index contributed by atoms with van der Waals surface area (Å²) in [5.41, 5.74) is 2.69. The molecule has 7 heteroatoms. The first-order valence-electron chi connectivity index (χ1n) is 7.84. The largest absolute Gasteiger partial charge is 0.324 e. The van der Waals surface area contributed by atoms with Crippen LogP contribution in [-0.4, -0.2) is 21.2 Å². The number of anilines is 1. The minimum Gasteiger partial charge on any atom is -0.324 e. The fourth-order valence-corrected chi connectivity index (χ4v) is 3.50. The molecule has 0 aliphatic heterocycles.